The van der Waals surface area contributed by atoms with Gasteiger partial charge in [0.05, 0.1) is 3.12 Å². The summed E-state index contributed by atoms with van der Waals surface area (Å²) in [7, 11) is -20.7. The molecule has 0 fully saturated rings. The second-order valence-electron chi connectivity index (χ2n) is 2.64. The summed E-state index contributed by atoms with van der Waals surface area (Å²) in [4.78, 5) is 0. The Hall–Kier alpha value is -0.800. The zero-order valence-corrected chi connectivity index (χ0v) is 10.8. The van der Waals surface area contributed by atoms with Gasteiger partial charge in [-0.3, -0.25) is 0 Å². The molecule has 0 atom stereocenters. The van der Waals surface area contributed by atoms with E-state index in [0.29, 0.717) is 0 Å². The topological polar surface area (TPSA) is 106 Å². The SMILES string of the molecule is O=S(=O)(F)N(S(=O)(=O)F)S(=O)(=O)C(F)(F)C=CCF. The molecule has 0 unspecified atom stereocenters. The van der Waals surface area contributed by atoms with Crippen molar-refractivity contribution < 1.29 is 46.2 Å². The van der Waals surface area contributed by atoms with Crippen molar-refractivity contribution in [3.05, 3.63) is 12.2 Å². The van der Waals surface area contributed by atoms with Gasteiger partial charge in [-0.05, 0) is 0 Å². The number of nitrogens with zero attached hydrogens (tertiary/aromatic N) is 1. The van der Waals surface area contributed by atoms with Gasteiger partial charge >= 0.3 is 36.1 Å². The van der Waals surface area contributed by atoms with E-state index in [9.17, 15) is 46.2 Å². The number of hydrogen-bond acceptors (Lipinski definition) is 6. The molecule has 0 aromatic carbocycles. The van der Waals surface area contributed by atoms with Crippen molar-refractivity contribution in [3.63, 3.8) is 0 Å². The molecule has 0 aromatic rings. The fourth-order valence-electron chi connectivity index (χ4n) is 0.708. The molecule has 0 rings (SSSR count). The maximum absolute atomic E-state index is 13.0. The molecule has 7 nitrogen and oxygen atoms in total. The van der Waals surface area contributed by atoms with E-state index < -0.39 is 52.0 Å². The van der Waals surface area contributed by atoms with Crippen LogP contribution in [0.15, 0.2) is 12.2 Å². The van der Waals surface area contributed by atoms with E-state index >= 15 is 0 Å². The first-order valence-electron chi connectivity index (χ1n) is 3.74. The number of hydrogen-bond donors (Lipinski definition) is 0. The minimum absolute atomic E-state index is 0.134. The first kappa shape index (κ1) is 18.2. The summed E-state index contributed by atoms with van der Waals surface area (Å²) in [6.07, 6.45) is -0.906. The van der Waals surface area contributed by atoms with Crippen LogP contribution in [-0.4, -0.2) is 40.3 Å². The maximum Gasteiger partial charge on any atom is 0.404 e. The Balaban J connectivity index is 6.23. The highest BCUT2D eigenvalue weighted by Crippen LogP contribution is 2.32. The molecule has 0 aromatic heterocycles. The van der Waals surface area contributed by atoms with E-state index in [1.54, 1.807) is 0 Å². The zero-order valence-electron chi connectivity index (χ0n) is 8.37. The van der Waals surface area contributed by atoms with Crippen molar-refractivity contribution in [2.45, 2.75) is 5.25 Å². The van der Waals surface area contributed by atoms with Crippen molar-refractivity contribution >= 4 is 30.8 Å². The van der Waals surface area contributed by atoms with Crippen LogP contribution in [0.3, 0.4) is 0 Å². The third kappa shape index (κ3) is 4.08. The Morgan fingerprint density at radius 2 is 1.32 bits per heavy atom. The van der Waals surface area contributed by atoms with Crippen molar-refractivity contribution in [1.82, 2.24) is 3.12 Å². The normalized spacial score (nSPS) is 15.3. The lowest BCUT2D eigenvalue weighted by atomic mass is 10.5. The second-order valence-corrected chi connectivity index (χ2v) is 7.57. The van der Waals surface area contributed by atoms with Gasteiger partial charge in [0.1, 0.15) is 6.67 Å². The largest absolute Gasteiger partial charge is 0.404 e. The fraction of sp³-hybridized carbons (Fsp3) is 0.500. The van der Waals surface area contributed by atoms with Crippen molar-refractivity contribution in [2.75, 3.05) is 6.67 Å². The summed E-state index contributed by atoms with van der Waals surface area (Å²) in [6, 6.07) is 0. The smallest absolute Gasteiger partial charge is 0.247 e. The lowest BCUT2D eigenvalue weighted by Gasteiger charge is -2.17. The average Bonchev–Trinajstić information content (AvgIpc) is 2.08. The van der Waals surface area contributed by atoms with E-state index in [-0.39, 0.29) is 6.08 Å². The van der Waals surface area contributed by atoms with Crippen LogP contribution >= 0.6 is 0 Å². The standard InChI is InChI=1S/C4H4F5NO6S3/c5-3-1-2-4(6,7)17(11,12)10(18(8,13)14)19(9,15)16/h1-2H,3H2. The highest BCUT2D eigenvalue weighted by Gasteiger charge is 2.58. The minimum Gasteiger partial charge on any atom is -0.247 e. The van der Waals surface area contributed by atoms with Crippen LogP contribution < -0.4 is 0 Å². The van der Waals surface area contributed by atoms with Gasteiger partial charge in [-0.2, -0.15) is 25.6 Å². The predicted molar refractivity (Wildman–Crippen MR) is 50.9 cm³/mol. The number of halogens is 5. The lowest BCUT2D eigenvalue weighted by molar-refractivity contribution is 0.142. The quantitative estimate of drug-likeness (QED) is 0.383. The molecule has 0 saturated heterocycles. The van der Waals surface area contributed by atoms with E-state index in [2.05, 4.69) is 0 Å². The summed E-state index contributed by atoms with van der Waals surface area (Å²) >= 11 is 0. The summed E-state index contributed by atoms with van der Waals surface area (Å²) < 4.78 is 122. The van der Waals surface area contributed by atoms with Gasteiger partial charge in [-0.25, -0.2) is 12.8 Å². The minimum atomic E-state index is -6.91. The average molecular weight is 353 g/mol. The van der Waals surface area contributed by atoms with Gasteiger partial charge < -0.3 is 0 Å². The van der Waals surface area contributed by atoms with E-state index in [1.807, 2.05) is 0 Å². The number of sulfonamides is 1. The number of allylic oxidation sites excluding steroid dienone is 1. The number of alkyl halides is 3. The highest BCUT2D eigenvalue weighted by molar-refractivity contribution is 8.15. The molecule has 0 amide bonds. The summed E-state index contributed by atoms with van der Waals surface area (Å²) in [5.41, 5.74) is 0. The van der Waals surface area contributed by atoms with Crippen LogP contribution in [0.4, 0.5) is 20.9 Å². The molecule has 0 aliphatic carbocycles. The van der Waals surface area contributed by atoms with Gasteiger partial charge in [0, 0.05) is 6.08 Å². The molecule has 0 heterocycles. The summed E-state index contributed by atoms with van der Waals surface area (Å²) in [5.74, 6) is 0. The summed E-state index contributed by atoms with van der Waals surface area (Å²) in [5, 5.41) is -5.38. The van der Waals surface area contributed by atoms with Gasteiger partial charge in [0.2, 0.25) is 0 Å². The Morgan fingerprint density at radius 1 is 0.947 bits per heavy atom. The van der Waals surface area contributed by atoms with Gasteiger partial charge in [-0.1, -0.05) is 13.8 Å². The predicted octanol–water partition coefficient (Wildman–Crippen LogP) is 0.165. The van der Waals surface area contributed by atoms with Crippen LogP contribution in [0, 0.1) is 0 Å². The second kappa shape index (κ2) is 5.29. The molecule has 114 valence electrons. The molecule has 0 N–H and O–H groups in total. The maximum atomic E-state index is 13.0. The Kier molecular flexibility index (Phi) is 5.07. The third-order valence-electron chi connectivity index (χ3n) is 1.30. The first-order chi connectivity index (χ1) is 8.18. The molecule has 19 heavy (non-hydrogen) atoms. The van der Waals surface area contributed by atoms with Crippen LogP contribution in [0.25, 0.3) is 0 Å². The molecule has 0 aliphatic heterocycles. The van der Waals surface area contributed by atoms with Crippen LogP contribution in [0.1, 0.15) is 0 Å². The third-order valence-corrected chi connectivity index (χ3v) is 6.54. The van der Waals surface area contributed by atoms with E-state index in [4.69, 9.17) is 0 Å². The van der Waals surface area contributed by atoms with Crippen molar-refractivity contribution in [3.8, 4) is 0 Å². The van der Waals surface area contributed by atoms with Crippen LogP contribution in [0.2, 0.25) is 0 Å². The molecular formula is C4H4F5NO6S3. The first-order valence-corrected chi connectivity index (χ1v) is 7.86. The number of rotatable bonds is 6. The van der Waals surface area contributed by atoms with E-state index in [0.717, 1.165) is 0 Å². The molecular weight excluding hydrogens is 349 g/mol. The van der Waals surface area contributed by atoms with E-state index in [1.165, 1.54) is 0 Å². The molecule has 0 bridgehead atoms. The van der Waals surface area contributed by atoms with Gasteiger partial charge in [0.25, 0.3) is 0 Å². The van der Waals surface area contributed by atoms with Crippen molar-refractivity contribution in [2.24, 2.45) is 0 Å². The Bertz CT molecular complexity index is 632. The fourth-order valence-corrected chi connectivity index (χ4v) is 4.50. The Labute approximate surface area is 105 Å². The molecule has 0 aliphatic rings. The summed E-state index contributed by atoms with van der Waals surface area (Å²) in [6.45, 7) is -1.63. The molecule has 0 saturated carbocycles. The molecule has 0 radical (unpaired) electrons. The lowest BCUT2D eigenvalue weighted by Crippen LogP contribution is -2.45. The van der Waals surface area contributed by atoms with Crippen molar-refractivity contribution in [1.29, 1.82) is 0 Å². The Morgan fingerprint density at radius 3 is 1.58 bits per heavy atom. The molecule has 15 heteroatoms. The highest BCUT2D eigenvalue weighted by atomic mass is 32.4. The zero-order chi connectivity index (χ0) is 15.7. The van der Waals surface area contributed by atoms with Crippen LogP contribution in [-0.2, 0) is 30.8 Å². The van der Waals surface area contributed by atoms with Gasteiger partial charge in [0.15, 0.2) is 0 Å². The van der Waals surface area contributed by atoms with Gasteiger partial charge in [-0.15, -0.1) is 0 Å². The van der Waals surface area contributed by atoms with Crippen LogP contribution in [0.5, 0.6) is 0 Å². The monoisotopic (exact) mass is 353 g/mol. The molecule has 0 spiro atoms.